The molecule has 0 N–H and O–H groups in total. The highest BCUT2D eigenvalue weighted by Gasteiger charge is 2.06. The summed E-state index contributed by atoms with van der Waals surface area (Å²) in [4.78, 5) is 11.7. The minimum atomic E-state index is -0.0838. The molecule has 0 saturated heterocycles. The van der Waals surface area contributed by atoms with E-state index in [0.29, 0.717) is 18.9 Å². The molecule has 0 aliphatic carbocycles. The molecule has 2 atom stereocenters. The van der Waals surface area contributed by atoms with Gasteiger partial charge in [0.1, 0.15) is 0 Å². The number of esters is 1. The Hall–Kier alpha value is -1.31. The highest BCUT2D eigenvalue weighted by molar-refractivity contribution is 5.69. The second kappa shape index (κ2) is 9.59. The molecular formula is C19H30O2. The van der Waals surface area contributed by atoms with E-state index < -0.39 is 0 Å². The molecule has 0 unspecified atom stereocenters. The molecule has 0 amide bonds. The van der Waals surface area contributed by atoms with Crippen molar-refractivity contribution in [1.29, 1.82) is 0 Å². The van der Waals surface area contributed by atoms with Crippen molar-refractivity contribution in [2.24, 2.45) is 11.8 Å². The lowest BCUT2D eigenvalue weighted by Crippen LogP contribution is -2.10. The number of carbonyl (C=O) groups excluding carboxylic acids is 1. The topological polar surface area (TPSA) is 26.3 Å². The minimum absolute atomic E-state index is 0.0838. The molecule has 0 aromatic carbocycles. The molecule has 0 aromatic rings. The lowest BCUT2D eigenvalue weighted by molar-refractivity contribution is -0.144. The minimum Gasteiger partial charge on any atom is -0.465 e. The SMILES string of the molecule is C/C1=C\[C@@H](C)C/C=C/[C@@H](C)COC(=O)CC/C(C)=C/CC1. The van der Waals surface area contributed by atoms with Crippen LogP contribution >= 0.6 is 0 Å². The number of hydrogen-bond donors (Lipinski definition) is 0. The van der Waals surface area contributed by atoms with E-state index in [1.165, 1.54) is 11.1 Å². The van der Waals surface area contributed by atoms with Gasteiger partial charge in [-0.1, -0.05) is 49.3 Å². The number of rotatable bonds is 0. The maximum Gasteiger partial charge on any atom is 0.306 e. The Labute approximate surface area is 130 Å². The van der Waals surface area contributed by atoms with Gasteiger partial charge in [0.05, 0.1) is 6.61 Å². The fourth-order valence-corrected chi connectivity index (χ4v) is 2.46. The first-order chi connectivity index (χ1) is 9.97. The first-order valence-electron chi connectivity index (χ1n) is 8.12. The highest BCUT2D eigenvalue weighted by atomic mass is 16.5. The van der Waals surface area contributed by atoms with Crippen molar-refractivity contribution in [2.45, 2.75) is 59.8 Å². The number of allylic oxidation sites excluding steroid dienone is 5. The van der Waals surface area contributed by atoms with E-state index in [-0.39, 0.29) is 11.9 Å². The van der Waals surface area contributed by atoms with Crippen molar-refractivity contribution in [3.8, 4) is 0 Å². The predicted octanol–water partition coefficient (Wildman–Crippen LogP) is 5.21. The quantitative estimate of drug-likeness (QED) is 0.452. The fraction of sp³-hybridized carbons (Fsp3) is 0.632. The summed E-state index contributed by atoms with van der Waals surface area (Å²) < 4.78 is 5.32. The Morgan fingerprint density at radius 2 is 1.81 bits per heavy atom. The third-order valence-electron chi connectivity index (χ3n) is 3.80. The normalized spacial score (nSPS) is 33.2. The van der Waals surface area contributed by atoms with Gasteiger partial charge in [-0.05, 0) is 45.4 Å². The Kier molecular flexibility index (Phi) is 8.11. The van der Waals surface area contributed by atoms with E-state index in [4.69, 9.17) is 4.74 Å². The van der Waals surface area contributed by atoms with Gasteiger partial charge in [0, 0.05) is 12.3 Å². The maximum atomic E-state index is 11.7. The van der Waals surface area contributed by atoms with Crippen LogP contribution in [0.1, 0.15) is 59.8 Å². The molecule has 0 bridgehead atoms. The van der Waals surface area contributed by atoms with Gasteiger partial charge in [0.2, 0.25) is 0 Å². The van der Waals surface area contributed by atoms with Crippen molar-refractivity contribution in [3.63, 3.8) is 0 Å². The molecule has 0 spiro atoms. The molecule has 0 radical (unpaired) electrons. The summed E-state index contributed by atoms with van der Waals surface area (Å²) in [6.07, 6.45) is 13.5. The van der Waals surface area contributed by atoms with Gasteiger partial charge in [0.25, 0.3) is 0 Å². The van der Waals surface area contributed by atoms with Crippen molar-refractivity contribution in [3.05, 3.63) is 35.5 Å². The summed E-state index contributed by atoms with van der Waals surface area (Å²) in [6.45, 7) is 9.14. The first kappa shape index (κ1) is 17.7. The van der Waals surface area contributed by atoms with Crippen LogP contribution in [-0.4, -0.2) is 12.6 Å². The molecule has 21 heavy (non-hydrogen) atoms. The number of ether oxygens (including phenoxy) is 1. The second-order valence-electron chi connectivity index (χ2n) is 6.40. The number of hydrogen-bond acceptors (Lipinski definition) is 2. The van der Waals surface area contributed by atoms with Crippen molar-refractivity contribution in [1.82, 2.24) is 0 Å². The number of carbonyl (C=O) groups is 1. The van der Waals surface area contributed by atoms with Crippen molar-refractivity contribution >= 4 is 5.97 Å². The van der Waals surface area contributed by atoms with Crippen LogP contribution < -0.4 is 0 Å². The summed E-state index contributed by atoms with van der Waals surface area (Å²) in [6, 6.07) is 0. The Bertz CT molecular complexity index is 415. The molecule has 1 aliphatic heterocycles. The monoisotopic (exact) mass is 290 g/mol. The standard InChI is InChI=1S/C19H30O2/c1-15-7-5-8-16(2)13-17(3)9-6-10-18(4)14-21-19(20)12-11-15/h6-7,10,13,17-18H,5,8-9,11-12,14H2,1-4H3/b10-6+,15-7+,16-13+/t17-,18+/m0/s1. The van der Waals surface area contributed by atoms with Crippen LogP contribution in [0.4, 0.5) is 0 Å². The summed E-state index contributed by atoms with van der Waals surface area (Å²) in [5.74, 6) is 0.768. The molecule has 0 aromatic heterocycles. The Morgan fingerprint density at radius 1 is 1.05 bits per heavy atom. The van der Waals surface area contributed by atoms with Gasteiger partial charge in [-0.15, -0.1) is 0 Å². The van der Waals surface area contributed by atoms with E-state index in [2.05, 4.69) is 52.0 Å². The smallest absolute Gasteiger partial charge is 0.306 e. The number of cyclic esters (lactones) is 1. The Balaban J connectivity index is 2.69. The highest BCUT2D eigenvalue weighted by Crippen LogP contribution is 2.15. The van der Waals surface area contributed by atoms with E-state index in [1.54, 1.807) is 0 Å². The average Bonchev–Trinajstić information content (AvgIpc) is 2.41. The third kappa shape index (κ3) is 8.54. The lowest BCUT2D eigenvalue weighted by atomic mass is 10.00. The lowest BCUT2D eigenvalue weighted by Gasteiger charge is -2.10. The van der Waals surface area contributed by atoms with Gasteiger partial charge in [-0.25, -0.2) is 0 Å². The first-order valence-corrected chi connectivity index (χ1v) is 8.12. The predicted molar refractivity (Wildman–Crippen MR) is 89.0 cm³/mol. The molecule has 1 heterocycles. The molecule has 118 valence electrons. The van der Waals surface area contributed by atoms with Gasteiger partial charge >= 0.3 is 5.97 Å². The summed E-state index contributed by atoms with van der Waals surface area (Å²) in [5.41, 5.74) is 2.74. The molecule has 2 nitrogen and oxygen atoms in total. The van der Waals surface area contributed by atoms with Crippen LogP contribution in [0.5, 0.6) is 0 Å². The van der Waals surface area contributed by atoms with Crippen molar-refractivity contribution in [2.75, 3.05) is 6.61 Å². The zero-order chi connectivity index (χ0) is 15.7. The molecule has 2 heteroatoms. The van der Waals surface area contributed by atoms with Crippen LogP contribution in [0.15, 0.2) is 35.5 Å². The molecule has 1 rings (SSSR count). The van der Waals surface area contributed by atoms with E-state index in [0.717, 1.165) is 25.7 Å². The zero-order valence-corrected chi connectivity index (χ0v) is 14.0. The summed E-state index contributed by atoms with van der Waals surface area (Å²) in [7, 11) is 0. The molecule has 1 aliphatic rings. The maximum absolute atomic E-state index is 11.7. The molecule has 0 fully saturated rings. The average molecular weight is 290 g/mol. The molecular weight excluding hydrogens is 260 g/mol. The van der Waals surface area contributed by atoms with E-state index in [9.17, 15) is 4.79 Å². The summed E-state index contributed by atoms with van der Waals surface area (Å²) >= 11 is 0. The second-order valence-corrected chi connectivity index (χ2v) is 6.40. The fourth-order valence-electron chi connectivity index (χ4n) is 2.46. The summed E-state index contributed by atoms with van der Waals surface area (Å²) in [5, 5.41) is 0. The van der Waals surface area contributed by atoms with Crippen molar-refractivity contribution < 1.29 is 9.53 Å². The van der Waals surface area contributed by atoms with E-state index in [1.807, 2.05) is 0 Å². The van der Waals surface area contributed by atoms with E-state index >= 15 is 0 Å². The zero-order valence-electron chi connectivity index (χ0n) is 14.0. The molecule has 0 saturated carbocycles. The van der Waals surface area contributed by atoms with Crippen LogP contribution in [0.25, 0.3) is 0 Å². The van der Waals surface area contributed by atoms with Crippen LogP contribution in [0.2, 0.25) is 0 Å². The largest absolute Gasteiger partial charge is 0.465 e. The van der Waals surface area contributed by atoms with Gasteiger partial charge in [-0.3, -0.25) is 4.79 Å². The van der Waals surface area contributed by atoms with Gasteiger partial charge in [-0.2, -0.15) is 0 Å². The van der Waals surface area contributed by atoms with Crippen LogP contribution in [-0.2, 0) is 9.53 Å². The van der Waals surface area contributed by atoms with Gasteiger partial charge in [0.15, 0.2) is 0 Å². The van der Waals surface area contributed by atoms with Crippen LogP contribution in [0.3, 0.4) is 0 Å². The Morgan fingerprint density at radius 3 is 2.57 bits per heavy atom. The van der Waals surface area contributed by atoms with Gasteiger partial charge < -0.3 is 4.74 Å². The third-order valence-corrected chi connectivity index (χ3v) is 3.80. The van der Waals surface area contributed by atoms with Crippen LogP contribution in [0, 0.1) is 11.8 Å².